The molecule has 3 aromatic carbocycles. The maximum atomic E-state index is 12.6. The van der Waals surface area contributed by atoms with Crippen LogP contribution in [-0.2, 0) is 4.79 Å². The van der Waals surface area contributed by atoms with Crippen molar-refractivity contribution in [3.63, 3.8) is 0 Å². The Morgan fingerprint density at radius 2 is 1.62 bits per heavy atom. The van der Waals surface area contributed by atoms with Gasteiger partial charge < -0.3 is 14.2 Å². The number of para-hydroxylation sites is 1. The smallest absolute Gasteiger partial charge is 0.286 e. The van der Waals surface area contributed by atoms with Crippen molar-refractivity contribution in [3.05, 3.63) is 99.6 Å². The summed E-state index contributed by atoms with van der Waals surface area (Å²) in [4.78, 5) is 32.8. The number of thioether (sulfide) groups is 1. The number of piperazine rings is 1. The Labute approximate surface area is 217 Å². The average Bonchev–Trinajstić information content (AvgIpc) is 3.55. The summed E-state index contributed by atoms with van der Waals surface area (Å²) in [5, 5.41) is 14.5. The number of amides is 1. The molecule has 1 fully saturated rings. The van der Waals surface area contributed by atoms with Gasteiger partial charge in [-0.2, -0.15) is 4.99 Å². The van der Waals surface area contributed by atoms with Gasteiger partial charge in [0.2, 0.25) is 0 Å². The zero-order valence-electron chi connectivity index (χ0n) is 19.7. The fourth-order valence-corrected chi connectivity index (χ4v) is 5.65. The quantitative estimate of drug-likeness (QED) is 0.195. The summed E-state index contributed by atoms with van der Waals surface area (Å²) in [6, 6.07) is 24.6. The van der Waals surface area contributed by atoms with E-state index in [0.29, 0.717) is 27.2 Å². The summed E-state index contributed by atoms with van der Waals surface area (Å²) in [5.74, 6) is 0.515. The number of hydrogen-bond donors (Lipinski definition) is 0. The maximum Gasteiger partial charge on any atom is 0.286 e. The number of hydrogen-bond acceptors (Lipinski definition) is 7. The van der Waals surface area contributed by atoms with Gasteiger partial charge in [-0.15, -0.1) is 0 Å². The van der Waals surface area contributed by atoms with Crippen molar-refractivity contribution in [1.82, 2.24) is 4.90 Å². The lowest BCUT2D eigenvalue weighted by molar-refractivity contribution is -0.384. The average molecular weight is 511 g/mol. The van der Waals surface area contributed by atoms with Gasteiger partial charge in [-0.25, -0.2) is 0 Å². The zero-order chi connectivity index (χ0) is 25.4. The largest absolute Gasteiger partial charge is 0.456 e. The fourth-order valence-electron chi connectivity index (χ4n) is 4.70. The van der Waals surface area contributed by atoms with E-state index in [9.17, 15) is 14.9 Å². The number of fused-ring (bicyclic) bond motifs is 1. The van der Waals surface area contributed by atoms with E-state index < -0.39 is 4.92 Å². The van der Waals surface area contributed by atoms with Crippen molar-refractivity contribution in [2.24, 2.45) is 4.99 Å². The van der Waals surface area contributed by atoms with E-state index in [0.717, 1.165) is 26.2 Å². The second kappa shape index (κ2) is 9.59. The van der Waals surface area contributed by atoms with E-state index in [1.165, 1.54) is 34.3 Å². The Hall–Kier alpha value is -4.37. The molecule has 0 bridgehead atoms. The third-order valence-corrected chi connectivity index (χ3v) is 7.58. The van der Waals surface area contributed by atoms with Crippen LogP contribution in [0.4, 0.5) is 11.4 Å². The third-order valence-electron chi connectivity index (χ3n) is 6.53. The van der Waals surface area contributed by atoms with E-state index in [1.807, 2.05) is 0 Å². The lowest BCUT2D eigenvalue weighted by atomic mass is 10.1. The number of carbonyl (C=O) groups excluding carboxylic acids is 1. The molecule has 0 aliphatic carbocycles. The number of aliphatic imine (C=N–C) groups is 1. The van der Waals surface area contributed by atoms with Crippen molar-refractivity contribution >= 4 is 51.1 Å². The SMILES string of the molecule is O=C1N=C(N2CCN(c3cccc4ccccc34)CC2)SC1=Cc1ccc(-c2ccccc2[N+](=O)[O-])o1. The molecule has 4 aromatic rings. The molecule has 1 amide bonds. The Bertz CT molecular complexity index is 1580. The van der Waals surface area contributed by atoms with Crippen molar-refractivity contribution < 1.29 is 14.1 Å². The van der Waals surface area contributed by atoms with Gasteiger partial charge in [0.05, 0.1) is 15.4 Å². The molecule has 3 heterocycles. The standard InChI is InChI=1S/C28H22N4O4S/c33-27-26(18-20-12-13-25(36-20)22-9-3-4-10-24(22)32(34)35)37-28(29-27)31-16-14-30(15-17-31)23-11-5-7-19-6-1-2-8-21(19)23/h1-13,18H,14-17H2. The first-order chi connectivity index (χ1) is 18.1. The van der Waals surface area contributed by atoms with Gasteiger partial charge >= 0.3 is 0 Å². The Morgan fingerprint density at radius 1 is 0.892 bits per heavy atom. The summed E-state index contributed by atoms with van der Waals surface area (Å²) >= 11 is 1.33. The highest BCUT2D eigenvalue weighted by molar-refractivity contribution is 8.18. The molecular weight excluding hydrogens is 488 g/mol. The minimum atomic E-state index is -0.438. The first-order valence-electron chi connectivity index (χ1n) is 11.9. The molecule has 1 aromatic heterocycles. The molecule has 37 heavy (non-hydrogen) atoms. The second-order valence-electron chi connectivity index (χ2n) is 8.76. The highest BCUT2D eigenvalue weighted by Crippen LogP contribution is 2.35. The number of rotatable bonds is 4. The first kappa shape index (κ1) is 23.1. The monoisotopic (exact) mass is 510 g/mol. The van der Waals surface area contributed by atoms with Gasteiger partial charge in [-0.3, -0.25) is 14.9 Å². The van der Waals surface area contributed by atoms with Gasteiger partial charge in [0, 0.05) is 49.4 Å². The van der Waals surface area contributed by atoms with Gasteiger partial charge in [0.1, 0.15) is 11.5 Å². The minimum Gasteiger partial charge on any atom is -0.456 e. The topological polar surface area (TPSA) is 92.2 Å². The van der Waals surface area contributed by atoms with Crippen LogP contribution in [0, 0.1) is 10.1 Å². The Morgan fingerprint density at radius 3 is 2.46 bits per heavy atom. The lowest BCUT2D eigenvalue weighted by Gasteiger charge is -2.37. The van der Waals surface area contributed by atoms with Crippen molar-refractivity contribution in [2.45, 2.75) is 0 Å². The first-order valence-corrected chi connectivity index (χ1v) is 12.7. The number of nitro groups is 1. The number of benzene rings is 3. The number of carbonyl (C=O) groups is 1. The molecule has 1 saturated heterocycles. The molecule has 0 unspecified atom stereocenters. The third kappa shape index (κ3) is 4.49. The van der Waals surface area contributed by atoms with Crippen LogP contribution < -0.4 is 4.90 Å². The summed E-state index contributed by atoms with van der Waals surface area (Å²) in [6.07, 6.45) is 1.65. The molecule has 2 aliphatic rings. The second-order valence-corrected chi connectivity index (χ2v) is 9.77. The number of nitro benzene ring substituents is 1. The molecule has 184 valence electrons. The Balaban J connectivity index is 1.14. The van der Waals surface area contributed by atoms with E-state index in [1.54, 1.807) is 36.4 Å². The lowest BCUT2D eigenvalue weighted by Crippen LogP contribution is -2.47. The molecular formula is C28H22N4O4S. The number of anilines is 1. The van der Waals surface area contributed by atoms with Crippen LogP contribution in [0.1, 0.15) is 5.76 Å². The van der Waals surface area contributed by atoms with Gasteiger partial charge in [0.25, 0.3) is 11.6 Å². The maximum absolute atomic E-state index is 12.6. The predicted molar refractivity (Wildman–Crippen MR) is 147 cm³/mol. The van der Waals surface area contributed by atoms with E-state index >= 15 is 0 Å². The minimum absolute atomic E-state index is 0.0318. The summed E-state index contributed by atoms with van der Waals surface area (Å²) in [6.45, 7) is 3.19. The molecule has 0 atom stereocenters. The Kier molecular flexibility index (Phi) is 5.97. The van der Waals surface area contributed by atoms with Crippen molar-refractivity contribution in [3.8, 4) is 11.3 Å². The summed E-state index contributed by atoms with van der Waals surface area (Å²) < 4.78 is 5.83. The fraction of sp³-hybridized carbons (Fsp3) is 0.143. The molecule has 8 nitrogen and oxygen atoms in total. The van der Waals surface area contributed by atoms with E-state index in [4.69, 9.17) is 4.42 Å². The van der Waals surface area contributed by atoms with Crippen LogP contribution in [0.25, 0.3) is 28.2 Å². The van der Waals surface area contributed by atoms with Crippen LogP contribution in [0.2, 0.25) is 0 Å². The predicted octanol–water partition coefficient (Wildman–Crippen LogP) is 5.80. The number of furan rings is 1. The molecule has 6 rings (SSSR count). The van der Waals surface area contributed by atoms with Crippen molar-refractivity contribution in [2.75, 3.05) is 31.1 Å². The normalized spacial score (nSPS) is 17.0. The van der Waals surface area contributed by atoms with Crippen LogP contribution in [0.3, 0.4) is 0 Å². The van der Waals surface area contributed by atoms with Crippen molar-refractivity contribution in [1.29, 1.82) is 0 Å². The molecule has 0 saturated carbocycles. The van der Waals surface area contributed by atoms with Crippen LogP contribution in [0.5, 0.6) is 0 Å². The molecule has 2 aliphatic heterocycles. The number of amidine groups is 1. The molecule has 0 N–H and O–H groups in total. The highest BCUT2D eigenvalue weighted by Gasteiger charge is 2.29. The van der Waals surface area contributed by atoms with Crippen LogP contribution >= 0.6 is 11.8 Å². The molecule has 0 spiro atoms. The highest BCUT2D eigenvalue weighted by atomic mass is 32.2. The van der Waals surface area contributed by atoms with Gasteiger partial charge in [-0.05, 0) is 41.4 Å². The summed E-state index contributed by atoms with van der Waals surface area (Å²) in [7, 11) is 0. The van der Waals surface area contributed by atoms with E-state index in [2.05, 4.69) is 57.3 Å². The molecule has 0 radical (unpaired) electrons. The van der Waals surface area contributed by atoms with E-state index in [-0.39, 0.29) is 11.6 Å². The summed E-state index contributed by atoms with van der Waals surface area (Å²) in [5.41, 5.74) is 1.59. The van der Waals surface area contributed by atoms with Gasteiger partial charge in [0.15, 0.2) is 5.17 Å². The molecule has 9 heteroatoms. The van der Waals surface area contributed by atoms with Crippen LogP contribution in [-0.4, -0.2) is 47.1 Å². The van der Waals surface area contributed by atoms with Gasteiger partial charge in [-0.1, -0.05) is 48.5 Å². The number of nitrogens with zero attached hydrogens (tertiary/aromatic N) is 4. The zero-order valence-corrected chi connectivity index (χ0v) is 20.6. The van der Waals surface area contributed by atoms with Crippen LogP contribution in [0.15, 0.2) is 93.2 Å².